The predicted octanol–water partition coefficient (Wildman–Crippen LogP) is -1.10. The van der Waals surface area contributed by atoms with Crippen molar-refractivity contribution in [3.05, 3.63) is 26.5 Å². The summed E-state index contributed by atoms with van der Waals surface area (Å²) < 4.78 is 2.05. The number of Topliss-reactive ketones (excluding diaryl/α,β-unsaturated/α-hetero) is 1. The monoisotopic (exact) mass is 288 g/mol. The molecule has 21 heavy (non-hydrogen) atoms. The van der Waals surface area contributed by atoms with E-state index in [2.05, 4.69) is 15.3 Å². The molecule has 108 valence electrons. The number of carbonyl (C=O) groups is 1. The van der Waals surface area contributed by atoms with Gasteiger partial charge < -0.3 is 5.32 Å². The van der Waals surface area contributed by atoms with Gasteiger partial charge in [0.25, 0.3) is 5.56 Å². The van der Waals surface area contributed by atoms with Gasteiger partial charge in [0.2, 0.25) is 0 Å². The Morgan fingerprint density at radius 1 is 1.29 bits per heavy atom. The molecule has 9 nitrogen and oxygen atoms in total. The summed E-state index contributed by atoms with van der Waals surface area (Å²) in [6.07, 6.45) is 0. The molecule has 0 fully saturated rings. The first-order valence-corrected chi connectivity index (χ1v) is 5.98. The minimum absolute atomic E-state index is 0.0341. The molecule has 0 spiro atoms. The van der Waals surface area contributed by atoms with Crippen LogP contribution < -0.4 is 16.6 Å². The maximum atomic E-state index is 12.0. The predicted molar refractivity (Wildman–Crippen MR) is 73.9 cm³/mol. The number of anilines is 1. The molecule has 2 aromatic rings. The van der Waals surface area contributed by atoms with E-state index in [1.807, 2.05) is 6.07 Å². The van der Waals surface area contributed by atoms with Crippen molar-refractivity contribution in [3.8, 4) is 6.07 Å². The molecule has 9 heteroatoms. The van der Waals surface area contributed by atoms with E-state index >= 15 is 0 Å². The maximum Gasteiger partial charge on any atom is 0.332 e. The number of carbonyl (C=O) groups excluding carboxylic acids is 1. The molecular weight excluding hydrogens is 276 g/mol. The minimum Gasteiger partial charge on any atom is -0.361 e. The summed E-state index contributed by atoms with van der Waals surface area (Å²) in [5.41, 5.74) is -1.32. The van der Waals surface area contributed by atoms with E-state index in [0.717, 1.165) is 9.13 Å². The van der Waals surface area contributed by atoms with Crippen LogP contribution in [0.3, 0.4) is 0 Å². The molecule has 1 N–H and O–H groups in total. The van der Waals surface area contributed by atoms with Gasteiger partial charge in [-0.15, -0.1) is 0 Å². The molecule has 0 saturated heterocycles. The van der Waals surface area contributed by atoms with Crippen LogP contribution in [-0.4, -0.2) is 31.4 Å². The molecule has 0 aromatic carbocycles. The molecular formula is C12H12N6O3. The van der Waals surface area contributed by atoms with Gasteiger partial charge in [-0.25, -0.2) is 14.8 Å². The van der Waals surface area contributed by atoms with Crippen molar-refractivity contribution < 1.29 is 4.79 Å². The topological polar surface area (TPSA) is 123 Å². The Kier molecular flexibility index (Phi) is 3.54. The van der Waals surface area contributed by atoms with Crippen LogP contribution in [0, 0.1) is 11.3 Å². The normalized spacial score (nSPS) is 10.4. The van der Waals surface area contributed by atoms with E-state index in [4.69, 9.17) is 5.26 Å². The first kappa shape index (κ1) is 14.4. The highest BCUT2D eigenvalue weighted by atomic mass is 16.2. The van der Waals surface area contributed by atoms with Crippen LogP contribution in [-0.2, 0) is 18.9 Å². The standard InChI is InChI=1S/C12H12N6O3/c1-6(19)5-14-9-7(4-13)15-8-10(16-9)17(2)12(21)18(3)11(8)20/h5H2,1-3H3,(H,14,16). The number of nitrogens with one attached hydrogen (secondary N) is 1. The summed E-state index contributed by atoms with van der Waals surface area (Å²) in [4.78, 5) is 42.9. The van der Waals surface area contributed by atoms with Crippen molar-refractivity contribution in [2.75, 3.05) is 11.9 Å². The first-order valence-electron chi connectivity index (χ1n) is 5.98. The van der Waals surface area contributed by atoms with Gasteiger partial charge in [0.05, 0.1) is 6.54 Å². The molecule has 0 aliphatic heterocycles. The van der Waals surface area contributed by atoms with Crippen molar-refractivity contribution in [1.82, 2.24) is 19.1 Å². The average molecular weight is 288 g/mol. The summed E-state index contributed by atoms with van der Waals surface area (Å²) in [7, 11) is 2.76. The van der Waals surface area contributed by atoms with Crippen LogP contribution >= 0.6 is 0 Å². The van der Waals surface area contributed by atoms with Gasteiger partial charge in [-0.2, -0.15) is 5.26 Å². The number of rotatable bonds is 3. The fraction of sp³-hybridized carbons (Fsp3) is 0.333. The molecule has 2 heterocycles. The summed E-state index contributed by atoms with van der Waals surface area (Å²) in [6, 6.07) is 1.81. The first-order chi connectivity index (χ1) is 9.86. The number of nitrogens with zero attached hydrogens (tertiary/aromatic N) is 5. The number of fused-ring (bicyclic) bond motifs is 1. The van der Waals surface area contributed by atoms with Crippen molar-refractivity contribution in [1.29, 1.82) is 5.26 Å². The SMILES string of the molecule is CC(=O)CNc1nc2c(nc1C#N)c(=O)n(C)c(=O)n2C. The molecule has 0 unspecified atom stereocenters. The highest BCUT2D eigenvalue weighted by Gasteiger charge is 2.15. The van der Waals surface area contributed by atoms with E-state index < -0.39 is 11.2 Å². The van der Waals surface area contributed by atoms with Crippen LogP contribution in [0.15, 0.2) is 9.59 Å². The van der Waals surface area contributed by atoms with Crippen LogP contribution in [0.2, 0.25) is 0 Å². The molecule has 0 radical (unpaired) electrons. The second kappa shape index (κ2) is 5.16. The lowest BCUT2D eigenvalue weighted by Gasteiger charge is -2.09. The Hall–Kier alpha value is -3.02. The summed E-state index contributed by atoms with van der Waals surface area (Å²) >= 11 is 0. The smallest absolute Gasteiger partial charge is 0.332 e. The lowest BCUT2D eigenvalue weighted by atomic mass is 10.3. The Labute approximate surface area is 118 Å². The van der Waals surface area contributed by atoms with Crippen LogP contribution in [0.5, 0.6) is 0 Å². The summed E-state index contributed by atoms with van der Waals surface area (Å²) in [5.74, 6) is -0.0953. The van der Waals surface area contributed by atoms with Gasteiger partial charge in [-0.05, 0) is 6.92 Å². The fourth-order valence-corrected chi connectivity index (χ4v) is 1.77. The third-order valence-corrected chi connectivity index (χ3v) is 2.89. The molecule has 0 atom stereocenters. The Balaban J connectivity index is 2.80. The number of hydrogen-bond donors (Lipinski definition) is 1. The fourth-order valence-electron chi connectivity index (χ4n) is 1.77. The Bertz CT molecular complexity index is 902. The molecule has 2 aromatic heterocycles. The third kappa shape index (κ3) is 2.38. The molecule has 2 rings (SSSR count). The highest BCUT2D eigenvalue weighted by Crippen LogP contribution is 2.12. The van der Waals surface area contributed by atoms with Gasteiger partial charge in [0, 0.05) is 14.1 Å². The minimum atomic E-state index is -0.629. The molecule has 0 bridgehead atoms. The zero-order chi connectivity index (χ0) is 15.7. The number of aromatic nitrogens is 4. The van der Waals surface area contributed by atoms with Gasteiger partial charge >= 0.3 is 5.69 Å². The van der Waals surface area contributed by atoms with Crippen molar-refractivity contribution >= 4 is 22.8 Å². The van der Waals surface area contributed by atoms with Crippen LogP contribution in [0.4, 0.5) is 5.82 Å². The van der Waals surface area contributed by atoms with E-state index in [1.165, 1.54) is 21.0 Å². The summed E-state index contributed by atoms with van der Waals surface area (Å²) in [6.45, 7) is 1.34. The van der Waals surface area contributed by atoms with E-state index in [9.17, 15) is 14.4 Å². The highest BCUT2D eigenvalue weighted by molar-refractivity contribution is 5.81. The largest absolute Gasteiger partial charge is 0.361 e. The molecule has 0 aliphatic carbocycles. The second-order valence-electron chi connectivity index (χ2n) is 4.47. The number of ketones is 1. The maximum absolute atomic E-state index is 12.0. The third-order valence-electron chi connectivity index (χ3n) is 2.89. The Morgan fingerprint density at radius 2 is 1.95 bits per heavy atom. The lowest BCUT2D eigenvalue weighted by molar-refractivity contribution is -0.115. The molecule has 0 aliphatic rings. The Morgan fingerprint density at radius 3 is 2.52 bits per heavy atom. The van der Waals surface area contributed by atoms with Gasteiger partial charge in [-0.1, -0.05) is 0 Å². The van der Waals surface area contributed by atoms with Crippen LogP contribution in [0.1, 0.15) is 12.6 Å². The zero-order valence-electron chi connectivity index (χ0n) is 11.7. The number of aryl methyl sites for hydroxylation is 1. The molecule has 0 amide bonds. The van der Waals surface area contributed by atoms with Crippen LogP contribution in [0.25, 0.3) is 11.2 Å². The number of nitriles is 1. The van der Waals surface area contributed by atoms with Crippen molar-refractivity contribution in [2.45, 2.75) is 6.92 Å². The van der Waals surface area contributed by atoms with Crippen molar-refractivity contribution in [2.24, 2.45) is 14.1 Å². The van der Waals surface area contributed by atoms with Gasteiger partial charge in [-0.3, -0.25) is 18.7 Å². The van der Waals surface area contributed by atoms with E-state index in [0.29, 0.717) is 0 Å². The number of hydrogen-bond acceptors (Lipinski definition) is 7. The molecule has 0 saturated carbocycles. The van der Waals surface area contributed by atoms with Gasteiger partial charge in [0.1, 0.15) is 11.9 Å². The quantitative estimate of drug-likeness (QED) is 0.760. The summed E-state index contributed by atoms with van der Waals surface area (Å²) in [5, 5.41) is 11.7. The van der Waals surface area contributed by atoms with E-state index in [1.54, 1.807) is 0 Å². The van der Waals surface area contributed by atoms with E-state index in [-0.39, 0.29) is 35.0 Å². The second-order valence-corrected chi connectivity index (χ2v) is 4.47. The average Bonchev–Trinajstić information content (AvgIpc) is 2.47. The van der Waals surface area contributed by atoms with Crippen molar-refractivity contribution in [3.63, 3.8) is 0 Å². The zero-order valence-corrected chi connectivity index (χ0v) is 11.7. The van der Waals surface area contributed by atoms with Gasteiger partial charge in [0.15, 0.2) is 22.7 Å². The lowest BCUT2D eigenvalue weighted by Crippen LogP contribution is -2.38.